The molecule has 0 unspecified atom stereocenters. The Morgan fingerprint density at radius 1 is 0.947 bits per heavy atom. The van der Waals surface area contributed by atoms with Crippen LogP contribution in [0.3, 0.4) is 0 Å². The molecule has 0 heterocycles. The lowest BCUT2D eigenvalue weighted by molar-refractivity contribution is 1.13. The van der Waals surface area contributed by atoms with Gasteiger partial charge in [-0.15, -0.1) is 25.3 Å². The van der Waals surface area contributed by atoms with Gasteiger partial charge >= 0.3 is 0 Å². The van der Waals surface area contributed by atoms with Crippen molar-refractivity contribution < 1.29 is 0 Å². The van der Waals surface area contributed by atoms with Gasteiger partial charge in [-0.3, -0.25) is 0 Å². The van der Waals surface area contributed by atoms with Crippen molar-refractivity contribution in [2.45, 2.75) is 20.3 Å². The van der Waals surface area contributed by atoms with E-state index in [1.54, 1.807) is 0 Å². The van der Waals surface area contributed by atoms with E-state index in [9.17, 15) is 0 Å². The van der Waals surface area contributed by atoms with Crippen LogP contribution < -0.4 is 0 Å². The maximum Gasteiger partial charge on any atom is 0.0255 e. The van der Waals surface area contributed by atoms with Crippen LogP contribution in [-0.2, 0) is 6.42 Å². The van der Waals surface area contributed by atoms with Gasteiger partial charge in [0.2, 0.25) is 0 Å². The topological polar surface area (TPSA) is 0 Å². The molecule has 0 N–H and O–H groups in total. The predicted octanol–water partition coefficient (Wildman–Crippen LogP) is 5.24. The number of thiol groups is 2. The van der Waals surface area contributed by atoms with Crippen molar-refractivity contribution >= 4 is 35.1 Å². The molecule has 0 aliphatic rings. The number of hydrogen-bond donors (Lipinski definition) is 2. The van der Waals surface area contributed by atoms with Crippen LogP contribution in [0.5, 0.6) is 0 Å². The van der Waals surface area contributed by atoms with Crippen LogP contribution in [0.2, 0.25) is 0 Å². The third-order valence-electron chi connectivity index (χ3n) is 3.24. The molecule has 0 saturated heterocycles. The van der Waals surface area contributed by atoms with Crippen LogP contribution in [0.15, 0.2) is 48.5 Å². The Hall–Kier alpha value is -1.12. The fourth-order valence-electron chi connectivity index (χ4n) is 2.00. The highest BCUT2D eigenvalue weighted by Crippen LogP contribution is 2.33. The fourth-order valence-corrected chi connectivity index (χ4v) is 2.64. The molecule has 0 saturated carbocycles. The molecular formula is C17H18S2. The summed E-state index contributed by atoms with van der Waals surface area (Å²) in [5.74, 6) is 0. The lowest BCUT2D eigenvalue weighted by Crippen LogP contribution is -1.90. The van der Waals surface area contributed by atoms with Gasteiger partial charge in [-0.25, -0.2) is 0 Å². The molecule has 0 bridgehead atoms. The summed E-state index contributed by atoms with van der Waals surface area (Å²) < 4.78 is 0. The Balaban J connectivity index is 2.51. The molecule has 2 rings (SSSR count). The van der Waals surface area contributed by atoms with Gasteiger partial charge in [-0.1, -0.05) is 55.5 Å². The molecule has 2 aromatic rings. The van der Waals surface area contributed by atoms with Crippen LogP contribution in [0.1, 0.15) is 29.2 Å². The maximum absolute atomic E-state index is 4.68. The average molecular weight is 286 g/mol. The van der Waals surface area contributed by atoms with E-state index in [0.29, 0.717) is 0 Å². The zero-order valence-corrected chi connectivity index (χ0v) is 13.0. The molecule has 98 valence electrons. The molecule has 0 radical (unpaired) electrons. The summed E-state index contributed by atoms with van der Waals surface area (Å²) in [6.07, 6.45) is 1.03. The number of rotatable bonds is 3. The van der Waals surface area contributed by atoms with Gasteiger partial charge in [0.15, 0.2) is 0 Å². The van der Waals surface area contributed by atoms with Crippen molar-refractivity contribution in [3.05, 3.63) is 70.8 Å². The predicted molar refractivity (Wildman–Crippen MR) is 91.8 cm³/mol. The highest BCUT2D eigenvalue weighted by Gasteiger charge is 2.08. The summed E-state index contributed by atoms with van der Waals surface area (Å²) in [5, 5.41) is 0. The monoisotopic (exact) mass is 286 g/mol. The number of benzene rings is 2. The molecule has 0 aliphatic carbocycles. The Bertz CT molecular complexity index is 598. The van der Waals surface area contributed by atoms with Crippen molar-refractivity contribution in [1.82, 2.24) is 0 Å². The van der Waals surface area contributed by atoms with Crippen LogP contribution >= 0.6 is 25.3 Å². The largest absolute Gasteiger partial charge is 0.142 e. The minimum atomic E-state index is 0.917. The Morgan fingerprint density at radius 3 is 2.26 bits per heavy atom. The Kier molecular flexibility index (Phi) is 4.78. The fraction of sp³-hybridized carbons (Fsp3) is 0.176. The Morgan fingerprint density at radius 2 is 1.63 bits per heavy atom. The molecule has 19 heavy (non-hydrogen) atoms. The van der Waals surface area contributed by atoms with Crippen molar-refractivity contribution in [3.63, 3.8) is 0 Å². The molecule has 0 amide bonds. The molecule has 0 aliphatic heterocycles. The van der Waals surface area contributed by atoms with Gasteiger partial charge in [0.1, 0.15) is 0 Å². The quantitative estimate of drug-likeness (QED) is 0.559. The van der Waals surface area contributed by atoms with Gasteiger partial charge < -0.3 is 0 Å². The van der Waals surface area contributed by atoms with E-state index in [4.69, 9.17) is 0 Å². The second kappa shape index (κ2) is 6.36. The normalized spacial score (nSPS) is 12.2. The van der Waals surface area contributed by atoms with Crippen molar-refractivity contribution in [2.24, 2.45) is 0 Å². The van der Waals surface area contributed by atoms with Gasteiger partial charge in [0.25, 0.3) is 0 Å². The van der Waals surface area contributed by atoms with E-state index in [-0.39, 0.29) is 0 Å². The molecule has 0 aromatic heterocycles. The highest BCUT2D eigenvalue weighted by molar-refractivity contribution is 7.96. The Labute approximate surface area is 126 Å². The molecule has 2 heteroatoms. The molecule has 0 spiro atoms. The first-order chi connectivity index (χ1) is 9.13. The van der Waals surface area contributed by atoms with E-state index < -0.39 is 0 Å². The standard InChI is InChI=1S/C17H18S2/c1-3-13-10-9-12(2)15(11-13)17(19)16(18)14-7-5-4-6-8-14/h4-11,18-19H,3H2,1-2H3/b17-16-. The summed E-state index contributed by atoms with van der Waals surface area (Å²) in [6, 6.07) is 16.7. The minimum absolute atomic E-state index is 0.917. The van der Waals surface area contributed by atoms with Crippen LogP contribution in [0, 0.1) is 6.92 Å². The molecule has 2 aromatic carbocycles. The summed E-state index contributed by atoms with van der Waals surface area (Å²) in [4.78, 5) is 1.85. The summed E-state index contributed by atoms with van der Waals surface area (Å²) >= 11 is 9.32. The molecule has 0 atom stereocenters. The zero-order valence-electron chi connectivity index (χ0n) is 11.2. The van der Waals surface area contributed by atoms with E-state index in [1.807, 2.05) is 18.2 Å². The van der Waals surface area contributed by atoms with Gasteiger partial charge in [0.05, 0.1) is 0 Å². The van der Waals surface area contributed by atoms with Gasteiger partial charge in [-0.05, 0) is 35.6 Å². The molecule has 0 fully saturated rings. The lowest BCUT2D eigenvalue weighted by Gasteiger charge is -2.11. The number of hydrogen-bond acceptors (Lipinski definition) is 2. The van der Waals surface area contributed by atoms with Crippen molar-refractivity contribution in [2.75, 3.05) is 0 Å². The van der Waals surface area contributed by atoms with Crippen molar-refractivity contribution in [1.29, 1.82) is 0 Å². The summed E-state index contributed by atoms with van der Waals surface area (Å²) in [7, 11) is 0. The zero-order chi connectivity index (χ0) is 13.8. The van der Waals surface area contributed by atoms with Crippen LogP contribution in [0.4, 0.5) is 0 Å². The molecule has 0 nitrogen and oxygen atoms in total. The summed E-state index contributed by atoms with van der Waals surface area (Å²) in [6.45, 7) is 4.27. The summed E-state index contributed by atoms with van der Waals surface area (Å²) in [5.41, 5.74) is 4.81. The van der Waals surface area contributed by atoms with E-state index in [0.717, 1.165) is 27.4 Å². The first-order valence-electron chi connectivity index (χ1n) is 6.41. The van der Waals surface area contributed by atoms with Gasteiger partial charge in [-0.2, -0.15) is 0 Å². The van der Waals surface area contributed by atoms with E-state index in [2.05, 4.69) is 69.4 Å². The third kappa shape index (κ3) is 3.26. The highest BCUT2D eigenvalue weighted by atomic mass is 32.1. The first-order valence-corrected chi connectivity index (χ1v) is 7.30. The third-order valence-corrected chi connectivity index (χ3v) is 4.36. The van der Waals surface area contributed by atoms with Crippen molar-refractivity contribution in [3.8, 4) is 0 Å². The minimum Gasteiger partial charge on any atom is -0.142 e. The lowest BCUT2D eigenvalue weighted by atomic mass is 10.0. The van der Waals surface area contributed by atoms with Gasteiger partial charge in [0, 0.05) is 9.81 Å². The first kappa shape index (κ1) is 14.3. The average Bonchev–Trinajstić information content (AvgIpc) is 2.47. The second-order valence-electron chi connectivity index (χ2n) is 4.57. The maximum atomic E-state index is 4.68. The van der Waals surface area contributed by atoms with E-state index >= 15 is 0 Å². The molecular weight excluding hydrogens is 268 g/mol. The SMILES string of the molecule is CCc1ccc(C)c(/C(S)=C(/S)c2ccccc2)c1. The second-order valence-corrected chi connectivity index (χ2v) is 5.46. The van der Waals surface area contributed by atoms with Crippen LogP contribution in [-0.4, -0.2) is 0 Å². The smallest absolute Gasteiger partial charge is 0.0255 e. The van der Waals surface area contributed by atoms with E-state index in [1.165, 1.54) is 11.1 Å². The number of aryl methyl sites for hydroxylation is 2. The van der Waals surface area contributed by atoms with Crippen LogP contribution in [0.25, 0.3) is 9.81 Å².